The summed E-state index contributed by atoms with van der Waals surface area (Å²) in [5.41, 5.74) is 0. The molecular formula is C10H18N2OS. The lowest BCUT2D eigenvalue weighted by atomic mass is 10.2. The lowest BCUT2D eigenvalue weighted by molar-refractivity contribution is 0.475. The van der Waals surface area contributed by atoms with Crippen LogP contribution in [0.5, 0.6) is 0 Å². The summed E-state index contributed by atoms with van der Waals surface area (Å²) in [6.07, 6.45) is 9.25. The smallest absolute Gasteiger partial charge is 0.180 e. The van der Waals surface area contributed by atoms with E-state index in [2.05, 4.69) is 16.6 Å². The largest absolute Gasteiger partial charge is 0.447 e. The van der Waals surface area contributed by atoms with Crippen LogP contribution < -0.4 is 5.32 Å². The Hall–Kier alpha value is -0.480. The first-order chi connectivity index (χ1) is 6.93. The monoisotopic (exact) mass is 214 g/mol. The first-order valence-corrected chi connectivity index (χ1v) is 6.40. The number of nitrogens with zero attached hydrogens (tertiary/aromatic N) is 1. The maximum Gasteiger partial charge on any atom is 0.180 e. The zero-order chi connectivity index (χ0) is 10.1. The van der Waals surface area contributed by atoms with Gasteiger partial charge in [0, 0.05) is 0 Å². The Morgan fingerprint density at radius 3 is 3.07 bits per heavy atom. The number of thioether (sulfide) groups is 1. The normalized spacial score (nSPS) is 10.6. The Bertz CT molecular complexity index is 214. The van der Waals surface area contributed by atoms with Crippen molar-refractivity contribution in [3.63, 3.8) is 0 Å². The van der Waals surface area contributed by atoms with Gasteiger partial charge in [-0.05, 0) is 31.4 Å². The molecule has 0 amide bonds. The molecule has 0 saturated carbocycles. The third-order valence-electron chi connectivity index (χ3n) is 1.98. The van der Waals surface area contributed by atoms with Gasteiger partial charge in [-0.1, -0.05) is 6.42 Å². The van der Waals surface area contributed by atoms with Gasteiger partial charge < -0.3 is 9.73 Å². The number of hydrogen-bond donors (Lipinski definition) is 1. The summed E-state index contributed by atoms with van der Waals surface area (Å²) >= 11 is 1.92. The number of hydrogen-bond acceptors (Lipinski definition) is 4. The third-order valence-corrected chi connectivity index (χ3v) is 2.68. The molecule has 0 unspecified atom stereocenters. The summed E-state index contributed by atoms with van der Waals surface area (Å²) in [6, 6.07) is 0. The molecule has 1 heterocycles. The van der Waals surface area contributed by atoms with E-state index in [1.54, 1.807) is 6.20 Å². The minimum Gasteiger partial charge on any atom is -0.447 e. The standard InChI is InChI=1S/C10H18N2OS/c1-14-6-4-2-3-5-11-7-10-8-12-9-13-10/h8-9,11H,2-7H2,1H3. The molecule has 3 nitrogen and oxygen atoms in total. The quantitative estimate of drug-likeness (QED) is 0.674. The van der Waals surface area contributed by atoms with Crippen molar-refractivity contribution < 1.29 is 4.42 Å². The van der Waals surface area contributed by atoms with E-state index in [0.29, 0.717) is 0 Å². The highest BCUT2D eigenvalue weighted by Gasteiger charge is 1.94. The fourth-order valence-corrected chi connectivity index (χ4v) is 1.71. The van der Waals surface area contributed by atoms with Gasteiger partial charge in [-0.2, -0.15) is 11.8 Å². The summed E-state index contributed by atoms with van der Waals surface area (Å²) < 4.78 is 5.10. The Labute approximate surface area is 89.7 Å². The molecule has 80 valence electrons. The van der Waals surface area contributed by atoms with Gasteiger partial charge in [0.2, 0.25) is 0 Å². The fraction of sp³-hybridized carbons (Fsp3) is 0.700. The Morgan fingerprint density at radius 2 is 2.36 bits per heavy atom. The molecule has 1 rings (SSSR count). The van der Waals surface area contributed by atoms with Crippen molar-refractivity contribution in [3.8, 4) is 0 Å². The van der Waals surface area contributed by atoms with E-state index in [-0.39, 0.29) is 0 Å². The average molecular weight is 214 g/mol. The lowest BCUT2D eigenvalue weighted by Gasteiger charge is -2.01. The number of aromatic nitrogens is 1. The number of nitrogens with one attached hydrogen (secondary N) is 1. The van der Waals surface area contributed by atoms with Gasteiger partial charge in [-0.25, -0.2) is 4.98 Å². The van der Waals surface area contributed by atoms with Crippen molar-refractivity contribution in [2.75, 3.05) is 18.6 Å². The first kappa shape index (κ1) is 11.6. The van der Waals surface area contributed by atoms with Crippen LogP contribution in [0.3, 0.4) is 0 Å². The molecule has 0 aliphatic carbocycles. The molecule has 0 saturated heterocycles. The third kappa shape index (κ3) is 5.29. The van der Waals surface area contributed by atoms with Crippen molar-refractivity contribution in [2.45, 2.75) is 25.8 Å². The van der Waals surface area contributed by atoms with Gasteiger partial charge in [0.25, 0.3) is 0 Å². The number of oxazole rings is 1. The van der Waals surface area contributed by atoms with Gasteiger partial charge in [-0.3, -0.25) is 0 Å². The summed E-state index contributed by atoms with van der Waals surface area (Å²) in [5, 5.41) is 3.32. The lowest BCUT2D eigenvalue weighted by Crippen LogP contribution is -2.14. The van der Waals surface area contributed by atoms with Gasteiger partial charge in [0.15, 0.2) is 6.39 Å². The molecule has 4 heteroatoms. The first-order valence-electron chi connectivity index (χ1n) is 5.00. The molecule has 14 heavy (non-hydrogen) atoms. The van der Waals surface area contributed by atoms with Crippen molar-refractivity contribution in [3.05, 3.63) is 18.4 Å². The predicted molar refractivity (Wildman–Crippen MR) is 60.4 cm³/mol. The van der Waals surface area contributed by atoms with Crippen LogP contribution in [-0.4, -0.2) is 23.5 Å². The summed E-state index contributed by atoms with van der Waals surface area (Å²) in [6.45, 7) is 1.86. The molecule has 0 aliphatic rings. The maximum absolute atomic E-state index is 5.10. The van der Waals surface area contributed by atoms with Crippen molar-refractivity contribution in [2.24, 2.45) is 0 Å². The van der Waals surface area contributed by atoms with E-state index >= 15 is 0 Å². The van der Waals surface area contributed by atoms with Crippen molar-refractivity contribution in [1.29, 1.82) is 0 Å². The highest BCUT2D eigenvalue weighted by atomic mass is 32.2. The number of rotatable bonds is 8. The maximum atomic E-state index is 5.10. The minimum absolute atomic E-state index is 0.794. The van der Waals surface area contributed by atoms with Crippen LogP contribution in [0.1, 0.15) is 25.0 Å². The highest BCUT2D eigenvalue weighted by Crippen LogP contribution is 2.01. The van der Waals surface area contributed by atoms with Crippen LogP contribution in [0.4, 0.5) is 0 Å². The van der Waals surface area contributed by atoms with E-state index in [4.69, 9.17) is 4.42 Å². The SMILES string of the molecule is CSCCCCCNCc1cnco1. The molecule has 0 aliphatic heterocycles. The summed E-state index contributed by atoms with van der Waals surface area (Å²) in [4.78, 5) is 3.85. The van der Waals surface area contributed by atoms with Crippen LogP contribution in [0.25, 0.3) is 0 Å². The van der Waals surface area contributed by atoms with Gasteiger partial charge in [-0.15, -0.1) is 0 Å². The van der Waals surface area contributed by atoms with Gasteiger partial charge in [0.1, 0.15) is 5.76 Å². The molecular weight excluding hydrogens is 196 g/mol. The van der Waals surface area contributed by atoms with Crippen LogP contribution in [-0.2, 0) is 6.54 Å². The fourth-order valence-electron chi connectivity index (χ4n) is 1.21. The van der Waals surface area contributed by atoms with E-state index in [9.17, 15) is 0 Å². The topological polar surface area (TPSA) is 38.1 Å². The summed E-state index contributed by atoms with van der Waals surface area (Å²) in [5.74, 6) is 2.19. The second-order valence-corrected chi connectivity index (χ2v) is 4.18. The molecule has 0 atom stereocenters. The van der Waals surface area contributed by atoms with Crippen LogP contribution in [0, 0.1) is 0 Å². The van der Waals surface area contributed by atoms with E-state index in [0.717, 1.165) is 18.8 Å². The Kier molecular flexibility index (Phi) is 6.53. The second kappa shape index (κ2) is 7.88. The van der Waals surface area contributed by atoms with E-state index in [1.807, 2.05) is 11.8 Å². The molecule has 0 bridgehead atoms. The molecule has 0 radical (unpaired) electrons. The van der Waals surface area contributed by atoms with Crippen LogP contribution in [0.15, 0.2) is 17.0 Å². The molecule has 0 fully saturated rings. The molecule has 1 aromatic rings. The van der Waals surface area contributed by atoms with Crippen LogP contribution >= 0.6 is 11.8 Å². The highest BCUT2D eigenvalue weighted by molar-refractivity contribution is 7.98. The number of unbranched alkanes of at least 4 members (excludes halogenated alkanes) is 2. The molecule has 0 aromatic carbocycles. The zero-order valence-electron chi connectivity index (χ0n) is 8.66. The minimum atomic E-state index is 0.794. The van der Waals surface area contributed by atoms with Crippen LogP contribution in [0.2, 0.25) is 0 Å². The Balaban J connectivity index is 1.85. The van der Waals surface area contributed by atoms with E-state index < -0.39 is 0 Å². The van der Waals surface area contributed by atoms with Gasteiger partial charge in [0.05, 0.1) is 12.7 Å². The van der Waals surface area contributed by atoms with E-state index in [1.165, 1.54) is 31.4 Å². The second-order valence-electron chi connectivity index (χ2n) is 3.20. The molecule has 1 aromatic heterocycles. The summed E-state index contributed by atoms with van der Waals surface area (Å²) in [7, 11) is 0. The average Bonchev–Trinajstić information content (AvgIpc) is 2.69. The van der Waals surface area contributed by atoms with Crippen molar-refractivity contribution in [1.82, 2.24) is 10.3 Å². The van der Waals surface area contributed by atoms with Gasteiger partial charge >= 0.3 is 0 Å². The zero-order valence-corrected chi connectivity index (χ0v) is 9.48. The molecule has 1 N–H and O–H groups in total. The Morgan fingerprint density at radius 1 is 1.43 bits per heavy atom. The molecule has 0 spiro atoms. The van der Waals surface area contributed by atoms with Crippen molar-refractivity contribution >= 4 is 11.8 Å². The predicted octanol–water partition coefficient (Wildman–Crippen LogP) is 2.30.